The number of alkyl halides is 1. The molecule has 1 aromatic heterocycles. The molecule has 0 amide bonds. The third-order valence-corrected chi connectivity index (χ3v) is 3.80. The number of nitrogens with zero attached hydrogens (tertiary/aromatic N) is 3. The molecule has 0 aliphatic heterocycles. The Labute approximate surface area is 95.8 Å². The first-order valence-electron chi connectivity index (χ1n) is 5.74. The van der Waals surface area contributed by atoms with Gasteiger partial charge in [0, 0.05) is 17.8 Å². The maximum absolute atomic E-state index is 6.23. The summed E-state index contributed by atoms with van der Waals surface area (Å²) in [6.45, 7) is 5.29. The Hall–Kier alpha value is -0.570. The summed E-state index contributed by atoms with van der Waals surface area (Å²) >= 11 is 6.23. The molecule has 1 heterocycles. The van der Waals surface area contributed by atoms with Crippen molar-refractivity contribution >= 4 is 11.6 Å². The monoisotopic (exact) mass is 227 g/mol. The van der Waals surface area contributed by atoms with Gasteiger partial charge in [-0.25, -0.2) is 4.98 Å². The van der Waals surface area contributed by atoms with Gasteiger partial charge in [-0.2, -0.15) is 5.10 Å². The predicted molar refractivity (Wildman–Crippen MR) is 61.1 cm³/mol. The first kappa shape index (κ1) is 10.9. The van der Waals surface area contributed by atoms with Crippen molar-refractivity contribution in [1.82, 2.24) is 14.8 Å². The molecule has 4 heteroatoms. The Morgan fingerprint density at radius 1 is 1.53 bits per heavy atom. The van der Waals surface area contributed by atoms with Crippen molar-refractivity contribution in [2.45, 2.75) is 50.9 Å². The highest BCUT2D eigenvalue weighted by Crippen LogP contribution is 2.38. The SMILES string of the molecule is CCn1ncnc1C1CC(Cl)CCC1C. The fraction of sp³-hybridized carbons (Fsp3) is 0.818. The van der Waals surface area contributed by atoms with Crippen molar-refractivity contribution < 1.29 is 0 Å². The average Bonchev–Trinajstić information content (AvgIpc) is 2.69. The van der Waals surface area contributed by atoms with Gasteiger partial charge >= 0.3 is 0 Å². The summed E-state index contributed by atoms with van der Waals surface area (Å²) in [4.78, 5) is 4.39. The van der Waals surface area contributed by atoms with Crippen LogP contribution in [0.1, 0.15) is 44.9 Å². The highest BCUT2D eigenvalue weighted by atomic mass is 35.5. The minimum absolute atomic E-state index is 0.313. The largest absolute Gasteiger partial charge is 0.250 e. The molecule has 1 aliphatic rings. The standard InChI is InChI=1S/C11H18ClN3/c1-3-15-11(13-7-14-15)10-6-9(12)5-4-8(10)2/h7-10H,3-6H2,1-2H3. The zero-order valence-corrected chi connectivity index (χ0v) is 10.1. The topological polar surface area (TPSA) is 30.7 Å². The molecule has 1 aliphatic carbocycles. The van der Waals surface area contributed by atoms with Crippen LogP contribution >= 0.6 is 11.6 Å². The number of hydrogen-bond acceptors (Lipinski definition) is 2. The first-order chi connectivity index (χ1) is 7.22. The zero-order valence-electron chi connectivity index (χ0n) is 9.36. The van der Waals surface area contributed by atoms with Crippen molar-refractivity contribution in [3.8, 4) is 0 Å². The molecule has 3 unspecified atom stereocenters. The molecule has 15 heavy (non-hydrogen) atoms. The van der Waals surface area contributed by atoms with Crippen LogP contribution in [-0.4, -0.2) is 20.1 Å². The van der Waals surface area contributed by atoms with E-state index in [9.17, 15) is 0 Å². The van der Waals surface area contributed by atoms with E-state index in [0.717, 1.165) is 25.2 Å². The maximum Gasteiger partial charge on any atom is 0.138 e. The van der Waals surface area contributed by atoms with Crippen LogP contribution < -0.4 is 0 Å². The lowest BCUT2D eigenvalue weighted by molar-refractivity contribution is 0.314. The Bertz CT molecular complexity index is 323. The van der Waals surface area contributed by atoms with Crippen molar-refractivity contribution in [2.75, 3.05) is 0 Å². The van der Waals surface area contributed by atoms with Crippen molar-refractivity contribution in [1.29, 1.82) is 0 Å². The van der Waals surface area contributed by atoms with Crippen LogP contribution in [0.4, 0.5) is 0 Å². The predicted octanol–water partition coefficient (Wildman–Crippen LogP) is 2.81. The summed E-state index contributed by atoms with van der Waals surface area (Å²) in [5.41, 5.74) is 0. The highest BCUT2D eigenvalue weighted by Gasteiger charge is 2.30. The quantitative estimate of drug-likeness (QED) is 0.728. The second kappa shape index (κ2) is 4.52. The van der Waals surface area contributed by atoms with E-state index >= 15 is 0 Å². The summed E-state index contributed by atoms with van der Waals surface area (Å²) in [7, 11) is 0. The number of hydrogen-bond donors (Lipinski definition) is 0. The van der Waals surface area contributed by atoms with Gasteiger partial charge in [0.2, 0.25) is 0 Å². The second-order valence-electron chi connectivity index (χ2n) is 4.43. The smallest absolute Gasteiger partial charge is 0.138 e. The molecule has 0 spiro atoms. The molecule has 0 aromatic carbocycles. The molecule has 3 atom stereocenters. The average molecular weight is 228 g/mol. The van der Waals surface area contributed by atoms with Gasteiger partial charge in [0.25, 0.3) is 0 Å². The van der Waals surface area contributed by atoms with Gasteiger partial charge in [-0.05, 0) is 32.1 Å². The molecule has 3 nitrogen and oxygen atoms in total. The van der Waals surface area contributed by atoms with E-state index in [4.69, 9.17) is 11.6 Å². The number of aryl methyl sites for hydroxylation is 1. The fourth-order valence-corrected chi connectivity index (χ4v) is 2.75. The Kier molecular flexibility index (Phi) is 3.29. The van der Waals surface area contributed by atoms with Gasteiger partial charge in [0.15, 0.2) is 0 Å². The van der Waals surface area contributed by atoms with Gasteiger partial charge in [-0.3, -0.25) is 4.68 Å². The van der Waals surface area contributed by atoms with Gasteiger partial charge in [0.05, 0.1) is 0 Å². The van der Waals surface area contributed by atoms with E-state index in [1.54, 1.807) is 6.33 Å². The molecule has 2 rings (SSSR count). The lowest BCUT2D eigenvalue weighted by Crippen LogP contribution is -2.24. The molecule has 0 radical (unpaired) electrons. The van der Waals surface area contributed by atoms with Gasteiger partial charge in [-0.15, -0.1) is 11.6 Å². The third kappa shape index (κ3) is 2.17. The number of rotatable bonds is 2. The van der Waals surface area contributed by atoms with E-state index < -0.39 is 0 Å². The van der Waals surface area contributed by atoms with Crippen LogP contribution in [0.15, 0.2) is 6.33 Å². The lowest BCUT2D eigenvalue weighted by Gasteiger charge is -2.30. The molecular formula is C11H18ClN3. The van der Waals surface area contributed by atoms with Crippen molar-refractivity contribution in [3.05, 3.63) is 12.2 Å². The summed E-state index contributed by atoms with van der Waals surface area (Å²) in [6, 6.07) is 0. The van der Waals surface area contributed by atoms with Crippen molar-refractivity contribution in [3.63, 3.8) is 0 Å². The van der Waals surface area contributed by atoms with E-state index in [2.05, 4.69) is 23.9 Å². The number of halogens is 1. The Morgan fingerprint density at radius 3 is 3.07 bits per heavy atom. The van der Waals surface area contributed by atoms with E-state index in [-0.39, 0.29) is 0 Å². The van der Waals surface area contributed by atoms with Gasteiger partial charge in [0.1, 0.15) is 12.2 Å². The number of aromatic nitrogens is 3. The third-order valence-electron chi connectivity index (χ3n) is 3.41. The second-order valence-corrected chi connectivity index (χ2v) is 5.05. The molecule has 0 saturated heterocycles. The summed E-state index contributed by atoms with van der Waals surface area (Å²) in [6.07, 6.45) is 5.04. The van der Waals surface area contributed by atoms with Gasteiger partial charge in [-0.1, -0.05) is 6.92 Å². The summed E-state index contributed by atoms with van der Waals surface area (Å²) < 4.78 is 2.00. The first-order valence-corrected chi connectivity index (χ1v) is 6.17. The van der Waals surface area contributed by atoms with Crippen LogP contribution in [0.25, 0.3) is 0 Å². The molecule has 0 N–H and O–H groups in total. The fourth-order valence-electron chi connectivity index (χ4n) is 2.43. The molecule has 1 aromatic rings. The van der Waals surface area contributed by atoms with Crippen LogP contribution in [0.3, 0.4) is 0 Å². The Balaban J connectivity index is 2.20. The van der Waals surface area contributed by atoms with Gasteiger partial charge < -0.3 is 0 Å². The highest BCUT2D eigenvalue weighted by molar-refractivity contribution is 6.20. The van der Waals surface area contributed by atoms with Crippen molar-refractivity contribution in [2.24, 2.45) is 5.92 Å². The van der Waals surface area contributed by atoms with Crippen LogP contribution in [-0.2, 0) is 6.54 Å². The van der Waals surface area contributed by atoms with Crippen LogP contribution in [0.5, 0.6) is 0 Å². The summed E-state index contributed by atoms with van der Waals surface area (Å²) in [5, 5.41) is 4.54. The zero-order chi connectivity index (χ0) is 10.8. The van der Waals surface area contributed by atoms with E-state index in [1.165, 1.54) is 6.42 Å². The molecule has 1 saturated carbocycles. The van der Waals surface area contributed by atoms with E-state index in [1.807, 2.05) is 4.68 Å². The summed E-state index contributed by atoms with van der Waals surface area (Å²) in [5.74, 6) is 2.29. The molecule has 0 bridgehead atoms. The normalized spacial score (nSPS) is 31.8. The molecule has 84 valence electrons. The van der Waals surface area contributed by atoms with Crippen LogP contribution in [0.2, 0.25) is 0 Å². The molecular weight excluding hydrogens is 210 g/mol. The van der Waals surface area contributed by atoms with E-state index in [0.29, 0.717) is 17.2 Å². The molecule has 1 fully saturated rings. The van der Waals surface area contributed by atoms with Crippen LogP contribution in [0, 0.1) is 5.92 Å². The lowest BCUT2D eigenvalue weighted by atomic mass is 9.79. The minimum Gasteiger partial charge on any atom is -0.250 e. The Morgan fingerprint density at radius 2 is 2.33 bits per heavy atom. The minimum atomic E-state index is 0.313. The maximum atomic E-state index is 6.23.